The van der Waals surface area contributed by atoms with E-state index in [1.54, 1.807) is 26.0 Å². The van der Waals surface area contributed by atoms with Gasteiger partial charge in [-0.3, -0.25) is 4.79 Å². The van der Waals surface area contributed by atoms with Crippen molar-refractivity contribution in [3.8, 4) is 11.8 Å². The van der Waals surface area contributed by atoms with Crippen molar-refractivity contribution in [2.24, 2.45) is 5.73 Å². The fourth-order valence-electron chi connectivity index (χ4n) is 1.83. The highest BCUT2D eigenvalue weighted by Crippen LogP contribution is 2.16. The number of aromatic nitrogens is 1. The second kappa shape index (κ2) is 6.04. The Kier molecular flexibility index (Phi) is 4.18. The summed E-state index contributed by atoms with van der Waals surface area (Å²) in [6.07, 6.45) is 0. The summed E-state index contributed by atoms with van der Waals surface area (Å²) in [6.45, 7) is 3.74. The van der Waals surface area contributed by atoms with E-state index in [9.17, 15) is 4.79 Å². The molecule has 0 saturated carbocycles. The summed E-state index contributed by atoms with van der Waals surface area (Å²) in [5.74, 6) is 5.94. The highest BCUT2D eigenvalue weighted by molar-refractivity contribution is 6.05. The summed E-state index contributed by atoms with van der Waals surface area (Å²) >= 11 is 0. The smallest absolute Gasteiger partial charge is 0.261 e. The van der Waals surface area contributed by atoms with Crippen LogP contribution in [-0.4, -0.2) is 17.6 Å². The molecule has 20 heavy (non-hydrogen) atoms. The van der Waals surface area contributed by atoms with Gasteiger partial charge in [-0.2, -0.15) is 0 Å². The average molecular weight is 269 g/mol. The van der Waals surface area contributed by atoms with Crippen LogP contribution in [0.25, 0.3) is 0 Å². The van der Waals surface area contributed by atoms with Crippen molar-refractivity contribution in [2.45, 2.75) is 13.8 Å². The number of carbonyl (C=O) groups is 1. The van der Waals surface area contributed by atoms with Crippen molar-refractivity contribution in [2.75, 3.05) is 11.9 Å². The Hall–Kier alpha value is -2.58. The van der Waals surface area contributed by atoms with Crippen LogP contribution >= 0.6 is 0 Å². The van der Waals surface area contributed by atoms with Gasteiger partial charge in [-0.15, -0.1) is 0 Å². The van der Waals surface area contributed by atoms with Crippen LogP contribution in [0.4, 0.5) is 5.69 Å². The molecule has 0 atom stereocenters. The van der Waals surface area contributed by atoms with Crippen LogP contribution in [-0.2, 0) is 0 Å². The fraction of sp³-hybridized carbons (Fsp3) is 0.200. The standard InChI is InChI=1S/C15H15N3O2/c1-10-14(11(2)20-18-10)15(19)17-13-7-3-5-12(9-13)6-4-8-16/h3,5,7,9H,8,16H2,1-2H3,(H,17,19). The van der Waals surface area contributed by atoms with Crippen molar-refractivity contribution in [1.29, 1.82) is 0 Å². The molecule has 5 nitrogen and oxygen atoms in total. The summed E-state index contributed by atoms with van der Waals surface area (Å²) < 4.78 is 4.98. The van der Waals surface area contributed by atoms with E-state index in [0.29, 0.717) is 29.2 Å². The molecule has 0 bridgehead atoms. The predicted octanol–water partition coefficient (Wildman–Crippen LogP) is 1.85. The van der Waals surface area contributed by atoms with Gasteiger partial charge in [-0.1, -0.05) is 23.1 Å². The van der Waals surface area contributed by atoms with Crippen molar-refractivity contribution in [3.05, 3.63) is 46.8 Å². The highest BCUT2D eigenvalue weighted by atomic mass is 16.5. The molecule has 0 fully saturated rings. The Balaban J connectivity index is 2.20. The molecule has 0 saturated heterocycles. The number of benzene rings is 1. The number of anilines is 1. The number of hydrogen-bond donors (Lipinski definition) is 2. The molecule has 0 aliphatic rings. The van der Waals surface area contributed by atoms with Crippen LogP contribution in [0.1, 0.15) is 27.4 Å². The number of hydrogen-bond acceptors (Lipinski definition) is 4. The van der Waals surface area contributed by atoms with Crippen LogP contribution < -0.4 is 11.1 Å². The van der Waals surface area contributed by atoms with Crippen LogP contribution in [0.5, 0.6) is 0 Å². The first-order valence-corrected chi connectivity index (χ1v) is 6.15. The summed E-state index contributed by atoms with van der Waals surface area (Å²) in [5.41, 5.74) is 7.83. The van der Waals surface area contributed by atoms with E-state index in [1.807, 2.05) is 12.1 Å². The van der Waals surface area contributed by atoms with E-state index in [-0.39, 0.29) is 5.91 Å². The monoisotopic (exact) mass is 269 g/mol. The molecule has 0 spiro atoms. The van der Waals surface area contributed by atoms with Crippen molar-refractivity contribution in [1.82, 2.24) is 5.16 Å². The predicted molar refractivity (Wildman–Crippen MR) is 76.3 cm³/mol. The molecule has 0 aliphatic heterocycles. The van der Waals surface area contributed by atoms with Crippen LogP contribution in [0.15, 0.2) is 28.8 Å². The molecule has 0 unspecified atom stereocenters. The quantitative estimate of drug-likeness (QED) is 0.815. The van der Waals surface area contributed by atoms with Gasteiger partial charge >= 0.3 is 0 Å². The lowest BCUT2D eigenvalue weighted by Crippen LogP contribution is -2.13. The van der Waals surface area contributed by atoms with Crippen molar-refractivity contribution in [3.63, 3.8) is 0 Å². The van der Waals surface area contributed by atoms with Gasteiger partial charge in [-0.05, 0) is 32.0 Å². The van der Waals surface area contributed by atoms with E-state index >= 15 is 0 Å². The Labute approximate surface area is 117 Å². The average Bonchev–Trinajstić information content (AvgIpc) is 2.76. The molecule has 5 heteroatoms. The molecule has 2 rings (SSSR count). The Morgan fingerprint density at radius 3 is 2.90 bits per heavy atom. The van der Waals surface area contributed by atoms with Crippen LogP contribution in [0, 0.1) is 25.7 Å². The van der Waals surface area contributed by atoms with Gasteiger partial charge in [0.05, 0.1) is 12.2 Å². The number of nitrogens with zero attached hydrogens (tertiary/aromatic N) is 1. The molecular formula is C15H15N3O2. The topological polar surface area (TPSA) is 81.2 Å². The number of aryl methyl sites for hydroxylation is 2. The van der Waals surface area contributed by atoms with Gasteiger partial charge in [-0.25, -0.2) is 0 Å². The zero-order valence-electron chi connectivity index (χ0n) is 11.4. The molecular weight excluding hydrogens is 254 g/mol. The minimum Gasteiger partial charge on any atom is -0.361 e. The van der Waals surface area contributed by atoms with Crippen molar-refractivity contribution < 1.29 is 9.32 Å². The van der Waals surface area contributed by atoms with E-state index in [0.717, 1.165) is 5.56 Å². The second-order valence-electron chi connectivity index (χ2n) is 4.24. The third-order valence-corrected chi connectivity index (χ3v) is 2.72. The maximum atomic E-state index is 12.2. The molecule has 0 aliphatic carbocycles. The minimum absolute atomic E-state index is 0.245. The van der Waals surface area contributed by atoms with E-state index < -0.39 is 0 Å². The van der Waals surface area contributed by atoms with Gasteiger partial charge in [0.2, 0.25) is 0 Å². The summed E-state index contributed by atoms with van der Waals surface area (Å²) in [5, 5.41) is 6.57. The zero-order chi connectivity index (χ0) is 14.5. The molecule has 1 aromatic heterocycles. The fourth-order valence-corrected chi connectivity index (χ4v) is 1.83. The SMILES string of the molecule is Cc1noc(C)c1C(=O)Nc1cccc(C#CCN)c1. The van der Waals surface area contributed by atoms with E-state index in [1.165, 1.54) is 0 Å². The normalized spacial score (nSPS) is 9.75. The Morgan fingerprint density at radius 2 is 2.25 bits per heavy atom. The molecule has 1 aromatic carbocycles. The first-order chi connectivity index (χ1) is 9.61. The van der Waals surface area contributed by atoms with Crippen LogP contribution in [0.3, 0.4) is 0 Å². The van der Waals surface area contributed by atoms with Gasteiger partial charge < -0.3 is 15.6 Å². The molecule has 2 aromatic rings. The van der Waals surface area contributed by atoms with Gasteiger partial charge in [0.1, 0.15) is 11.3 Å². The molecule has 102 valence electrons. The maximum Gasteiger partial charge on any atom is 0.261 e. The molecule has 1 amide bonds. The van der Waals surface area contributed by atoms with Gasteiger partial charge in [0.25, 0.3) is 5.91 Å². The number of amides is 1. The third kappa shape index (κ3) is 3.05. The highest BCUT2D eigenvalue weighted by Gasteiger charge is 2.17. The first-order valence-electron chi connectivity index (χ1n) is 6.15. The molecule has 0 radical (unpaired) electrons. The number of nitrogens with one attached hydrogen (secondary N) is 1. The van der Waals surface area contributed by atoms with Gasteiger partial charge in [0.15, 0.2) is 0 Å². The minimum atomic E-state index is -0.245. The molecule has 3 N–H and O–H groups in total. The lowest BCUT2D eigenvalue weighted by molar-refractivity contribution is 0.102. The van der Waals surface area contributed by atoms with Crippen LogP contribution in [0.2, 0.25) is 0 Å². The Bertz CT molecular complexity index is 673. The number of nitrogens with two attached hydrogens (primary N) is 1. The Morgan fingerprint density at radius 1 is 1.45 bits per heavy atom. The zero-order valence-corrected chi connectivity index (χ0v) is 11.4. The third-order valence-electron chi connectivity index (χ3n) is 2.72. The van der Waals surface area contributed by atoms with E-state index in [4.69, 9.17) is 10.3 Å². The lowest BCUT2D eigenvalue weighted by atomic mass is 10.1. The maximum absolute atomic E-state index is 12.2. The second-order valence-corrected chi connectivity index (χ2v) is 4.24. The van der Waals surface area contributed by atoms with Crippen molar-refractivity contribution >= 4 is 11.6 Å². The lowest BCUT2D eigenvalue weighted by Gasteiger charge is -2.05. The summed E-state index contributed by atoms with van der Waals surface area (Å²) in [7, 11) is 0. The largest absolute Gasteiger partial charge is 0.361 e. The number of carbonyl (C=O) groups excluding carboxylic acids is 1. The summed E-state index contributed by atoms with van der Waals surface area (Å²) in [6, 6.07) is 7.26. The first kappa shape index (κ1) is 13.8. The number of rotatable bonds is 2. The summed E-state index contributed by atoms with van der Waals surface area (Å²) in [4.78, 5) is 12.2. The molecule has 1 heterocycles. The van der Waals surface area contributed by atoms with Gasteiger partial charge in [0, 0.05) is 11.3 Å². The van der Waals surface area contributed by atoms with E-state index in [2.05, 4.69) is 22.3 Å².